The predicted octanol–water partition coefficient (Wildman–Crippen LogP) is 4.18. The summed E-state index contributed by atoms with van der Waals surface area (Å²) in [6, 6.07) is 18.0. The van der Waals surface area contributed by atoms with Crippen molar-refractivity contribution in [3.8, 4) is 11.4 Å². The first-order valence-corrected chi connectivity index (χ1v) is 8.20. The van der Waals surface area contributed by atoms with E-state index in [2.05, 4.69) is 26.2 Å². The van der Waals surface area contributed by atoms with Gasteiger partial charge in [0.25, 0.3) is 0 Å². The fourth-order valence-electron chi connectivity index (χ4n) is 2.75. The highest BCUT2D eigenvalue weighted by molar-refractivity contribution is 5.74. The Bertz CT molecular complexity index is 894. The van der Waals surface area contributed by atoms with Gasteiger partial charge >= 0.3 is 0 Å². The van der Waals surface area contributed by atoms with Gasteiger partial charge in [-0.25, -0.2) is 4.98 Å². The van der Waals surface area contributed by atoms with Gasteiger partial charge in [0.05, 0.1) is 11.0 Å². The van der Waals surface area contributed by atoms with Crippen LogP contribution in [-0.4, -0.2) is 20.1 Å². The number of para-hydroxylation sites is 2. The SMILES string of the molecule is c1ccc(-c2noc(CCCCc3nc4ccccc4[nH]3)n2)cc1. The lowest BCUT2D eigenvalue weighted by molar-refractivity contribution is 0.374. The molecule has 2 aromatic heterocycles. The second kappa shape index (κ2) is 6.66. The summed E-state index contributed by atoms with van der Waals surface area (Å²) >= 11 is 0. The van der Waals surface area contributed by atoms with E-state index in [1.165, 1.54) is 0 Å². The van der Waals surface area contributed by atoms with Crippen molar-refractivity contribution in [3.05, 3.63) is 66.3 Å². The smallest absolute Gasteiger partial charge is 0.226 e. The molecule has 0 saturated heterocycles. The van der Waals surface area contributed by atoms with E-state index in [4.69, 9.17) is 4.52 Å². The number of benzene rings is 2. The fraction of sp³-hybridized carbons (Fsp3) is 0.211. The van der Waals surface area contributed by atoms with Gasteiger partial charge in [-0.15, -0.1) is 0 Å². The molecule has 5 heteroatoms. The number of aromatic amines is 1. The normalized spacial score (nSPS) is 11.2. The molecule has 0 atom stereocenters. The molecule has 0 aliphatic carbocycles. The molecule has 4 aromatic rings. The van der Waals surface area contributed by atoms with Crippen molar-refractivity contribution in [1.82, 2.24) is 20.1 Å². The minimum absolute atomic E-state index is 0.655. The molecule has 24 heavy (non-hydrogen) atoms. The third-order valence-corrected chi connectivity index (χ3v) is 3.99. The van der Waals surface area contributed by atoms with Gasteiger partial charge < -0.3 is 9.51 Å². The Balaban J connectivity index is 1.30. The van der Waals surface area contributed by atoms with E-state index in [-0.39, 0.29) is 0 Å². The Morgan fingerprint density at radius 1 is 0.833 bits per heavy atom. The number of aromatic nitrogens is 4. The van der Waals surface area contributed by atoms with Crippen molar-refractivity contribution >= 4 is 11.0 Å². The molecule has 0 saturated carbocycles. The molecule has 0 radical (unpaired) electrons. The zero-order valence-electron chi connectivity index (χ0n) is 13.3. The van der Waals surface area contributed by atoms with Crippen LogP contribution >= 0.6 is 0 Å². The lowest BCUT2D eigenvalue weighted by Crippen LogP contribution is -1.91. The third kappa shape index (κ3) is 3.20. The molecule has 0 fully saturated rings. The van der Waals surface area contributed by atoms with E-state index in [1.807, 2.05) is 48.5 Å². The van der Waals surface area contributed by atoms with Crippen molar-refractivity contribution in [1.29, 1.82) is 0 Å². The molecule has 0 spiro atoms. The molecule has 0 bridgehead atoms. The molecule has 5 nitrogen and oxygen atoms in total. The van der Waals surface area contributed by atoms with E-state index in [0.29, 0.717) is 11.7 Å². The first-order chi connectivity index (χ1) is 11.9. The van der Waals surface area contributed by atoms with Crippen LogP contribution < -0.4 is 0 Å². The summed E-state index contributed by atoms with van der Waals surface area (Å²) in [7, 11) is 0. The zero-order chi connectivity index (χ0) is 16.2. The van der Waals surface area contributed by atoms with Gasteiger partial charge in [0.2, 0.25) is 11.7 Å². The van der Waals surface area contributed by atoms with Crippen LogP contribution in [0.15, 0.2) is 59.1 Å². The van der Waals surface area contributed by atoms with E-state index < -0.39 is 0 Å². The fourth-order valence-corrected chi connectivity index (χ4v) is 2.75. The van der Waals surface area contributed by atoms with Crippen molar-refractivity contribution in [3.63, 3.8) is 0 Å². The van der Waals surface area contributed by atoms with Crippen LogP contribution in [0.2, 0.25) is 0 Å². The number of hydrogen-bond acceptors (Lipinski definition) is 4. The Kier molecular flexibility index (Phi) is 4.06. The molecule has 2 heterocycles. The quantitative estimate of drug-likeness (QED) is 0.542. The number of nitrogens with one attached hydrogen (secondary N) is 1. The second-order valence-corrected chi connectivity index (χ2v) is 5.79. The lowest BCUT2D eigenvalue weighted by Gasteiger charge is -1.95. The van der Waals surface area contributed by atoms with Crippen molar-refractivity contribution in [2.24, 2.45) is 0 Å². The van der Waals surface area contributed by atoms with Crippen LogP contribution in [-0.2, 0) is 12.8 Å². The standard InChI is InChI=1S/C19H18N4O/c1-2-8-14(9-3-1)19-22-18(24-23-19)13-7-6-12-17-20-15-10-4-5-11-16(15)21-17/h1-5,8-11H,6-7,12-13H2,(H,20,21). The van der Waals surface area contributed by atoms with Crippen molar-refractivity contribution in [2.45, 2.75) is 25.7 Å². The van der Waals surface area contributed by atoms with Crippen LogP contribution in [0.25, 0.3) is 22.4 Å². The first-order valence-electron chi connectivity index (χ1n) is 8.20. The maximum Gasteiger partial charge on any atom is 0.226 e. The maximum absolute atomic E-state index is 5.33. The number of imidazole rings is 1. The summed E-state index contributed by atoms with van der Waals surface area (Å²) in [4.78, 5) is 12.4. The molecule has 0 aliphatic heterocycles. The van der Waals surface area contributed by atoms with E-state index >= 15 is 0 Å². The lowest BCUT2D eigenvalue weighted by atomic mass is 10.2. The summed E-state index contributed by atoms with van der Waals surface area (Å²) < 4.78 is 5.33. The summed E-state index contributed by atoms with van der Waals surface area (Å²) in [5.41, 5.74) is 3.10. The second-order valence-electron chi connectivity index (χ2n) is 5.79. The molecule has 2 aromatic carbocycles. The van der Waals surface area contributed by atoms with Gasteiger partial charge in [-0.3, -0.25) is 0 Å². The Hall–Kier alpha value is -2.95. The highest BCUT2D eigenvalue weighted by Gasteiger charge is 2.08. The largest absolute Gasteiger partial charge is 0.342 e. The number of rotatable bonds is 6. The molecule has 120 valence electrons. The summed E-state index contributed by atoms with van der Waals surface area (Å²) in [5, 5.41) is 4.05. The Morgan fingerprint density at radius 3 is 2.50 bits per heavy atom. The zero-order valence-corrected chi connectivity index (χ0v) is 13.3. The molecular weight excluding hydrogens is 300 g/mol. The Labute approximate surface area is 139 Å². The van der Waals surface area contributed by atoms with Gasteiger partial charge in [-0.05, 0) is 25.0 Å². The number of aryl methyl sites for hydroxylation is 2. The topological polar surface area (TPSA) is 67.6 Å². The average molecular weight is 318 g/mol. The van der Waals surface area contributed by atoms with Gasteiger partial charge in [0, 0.05) is 18.4 Å². The molecule has 1 N–H and O–H groups in total. The van der Waals surface area contributed by atoms with Crippen LogP contribution in [0.5, 0.6) is 0 Å². The van der Waals surface area contributed by atoms with Crippen LogP contribution in [0.4, 0.5) is 0 Å². The number of unbranched alkanes of at least 4 members (excludes halogenated alkanes) is 1. The van der Waals surface area contributed by atoms with E-state index in [0.717, 1.165) is 48.1 Å². The van der Waals surface area contributed by atoms with Crippen molar-refractivity contribution < 1.29 is 4.52 Å². The van der Waals surface area contributed by atoms with Gasteiger partial charge in [-0.2, -0.15) is 4.98 Å². The third-order valence-electron chi connectivity index (χ3n) is 3.99. The summed E-state index contributed by atoms with van der Waals surface area (Å²) in [6.45, 7) is 0. The van der Waals surface area contributed by atoms with Crippen molar-refractivity contribution in [2.75, 3.05) is 0 Å². The molecule has 0 unspecified atom stereocenters. The average Bonchev–Trinajstić information content (AvgIpc) is 3.26. The maximum atomic E-state index is 5.33. The number of hydrogen-bond donors (Lipinski definition) is 1. The number of H-pyrrole nitrogens is 1. The Morgan fingerprint density at radius 2 is 1.62 bits per heavy atom. The number of nitrogens with zero attached hydrogens (tertiary/aromatic N) is 3. The summed E-state index contributed by atoms with van der Waals surface area (Å²) in [6.07, 6.45) is 3.74. The molecular formula is C19H18N4O. The van der Waals surface area contributed by atoms with Gasteiger partial charge in [0.1, 0.15) is 5.82 Å². The highest BCUT2D eigenvalue weighted by Crippen LogP contribution is 2.16. The molecule has 0 aliphatic rings. The molecule has 0 amide bonds. The highest BCUT2D eigenvalue weighted by atomic mass is 16.5. The first kappa shape index (κ1) is 14.6. The minimum Gasteiger partial charge on any atom is -0.342 e. The van der Waals surface area contributed by atoms with Crippen LogP contribution in [0.3, 0.4) is 0 Å². The van der Waals surface area contributed by atoms with Crippen LogP contribution in [0, 0.1) is 0 Å². The minimum atomic E-state index is 0.655. The molecule has 4 rings (SSSR count). The van der Waals surface area contributed by atoms with E-state index in [9.17, 15) is 0 Å². The predicted molar refractivity (Wildman–Crippen MR) is 92.5 cm³/mol. The van der Waals surface area contributed by atoms with Crippen LogP contribution in [0.1, 0.15) is 24.6 Å². The number of fused-ring (bicyclic) bond motifs is 1. The van der Waals surface area contributed by atoms with E-state index in [1.54, 1.807) is 0 Å². The summed E-state index contributed by atoms with van der Waals surface area (Å²) in [5.74, 6) is 2.38. The monoisotopic (exact) mass is 318 g/mol. The van der Waals surface area contributed by atoms with Gasteiger partial charge in [-0.1, -0.05) is 47.6 Å². The van der Waals surface area contributed by atoms with Gasteiger partial charge in [0.15, 0.2) is 0 Å².